The van der Waals surface area contributed by atoms with Gasteiger partial charge in [-0.3, -0.25) is 4.79 Å². The van der Waals surface area contributed by atoms with Crippen LogP contribution in [0.3, 0.4) is 0 Å². The zero-order valence-corrected chi connectivity index (χ0v) is 20.0. The third-order valence-electron chi connectivity index (χ3n) is 5.97. The Hall–Kier alpha value is -1.92. The van der Waals surface area contributed by atoms with E-state index in [1.54, 1.807) is 0 Å². The highest BCUT2D eigenvalue weighted by Crippen LogP contribution is 2.31. The van der Waals surface area contributed by atoms with Crippen LogP contribution in [0.5, 0.6) is 0 Å². The maximum atomic E-state index is 13.6. The summed E-state index contributed by atoms with van der Waals surface area (Å²) in [6, 6.07) is 10.2. The maximum absolute atomic E-state index is 13.6. The van der Waals surface area contributed by atoms with Crippen LogP contribution in [0.2, 0.25) is 0 Å². The molecule has 1 aliphatic carbocycles. The molecule has 0 saturated heterocycles. The van der Waals surface area contributed by atoms with Crippen LogP contribution in [0.1, 0.15) is 61.9 Å². The van der Waals surface area contributed by atoms with Crippen LogP contribution >= 0.6 is 12.6 Å². The average molecular weight is 461 g/mol. The van der Waals surface area contributed by atoms with Gasteiger partial charge in [-0.2, -0.15) is 12.6 Å². The molecule has 3 atom stereocenters. The Labute approximate surface area is 195 Å². The van der Waals surface area contributed by atoms with Crippen molar-refractivity contribution in [1.82, 2.24) is 10.6 Å². The van der Waals surface area contributed by atoms with Crippen molar-refractivity contribution in [1.29, 1.82) is 0 Å². The van der Waals surface area contributed by atoms with Gasteiger partial charge in [0.25, 0.3) is 0 Å². The molecule has 0 spiro atoms. The molecule has 6 heteroatoms. The molecular formula is C26H34F2N2OS. The Morgan fingerprint density at radius 2 is 1.81 bits per heavy atom. The van der Waals surface area contributed by atoms with Gasteiger partial charge < -0.3 is 10.6 Å². The molecule has 0 radical (unpaired) electrons. The van der Waals surface area contributed by atoms with E-state index in [0.29, 0.717) is 24.4 Å². The van der Waals surface area contributed by atoms with Crippen molar-refractivity contribution < 1.29 is 13.6 Å². The molecule has 0 fully saturated rings. The third-order valence-corrected chi connectivity index (χ3v) is 6.52. The lowest BCUT2D eigenvalue weighted by Crippen LogP contribution is -2.46. The summed E-state index contributed by atoms with van der Waals surface area (Å²) < 4.78 is 27.3. The second-order valence-electron chi connectivity index (χ2n) is 9.34. The summed E-state index contributed by atoms with van der Waals surface area (Å²) in [7, 11) is 0. The number of halogens is 2. The molecule has 3 rings (SSSR count). The number of aryl methyl sites for hydroxylation is 1. The number of rotatable bonds is 9. The van der Waals surface area contributed by atoms with Crippen molar-refractivity contribution in [3.8, 4) is 0 Å². The minimum Gasteiger partial charge on any atom is -0.352 e. The monoisotopic (exact) mass is 460 g/mol. The minimum atomic E-state index is -0.619. The number of carbonyl (C=O) groups is 1. The topological polar surface area (TPSA) is 41.1 Å². The Bertz CT molecular complexity index is 914. The zero-order valence-electron chi connectivity index (χ0n) is 19.1. The van der Waals surface area contributed by atoms with Crippen molar-refractivity contribution in [2.75, 3.05) is 6.54 Å². The van der Waals surface area contributed by atoms with Crippen molar-refractivity contribution in [2.45, 2.75) is 70.2 Å². The number of hydrogen-bond acceptors (Lipinski definition) is 3. The first-order valence-electron chi connectivity index (χ1n) is 11.5. The number of nitrogens with one attached hydrogen (secondary N) is 2. The minimum absolute atomic E-state index is 0.188. The molecule has 0 saturated carbocycles. The van der Waals surface area contributed by atoms with Crippen LogP contribution in [-0.2, 0) is 24.1 Å². The summed E-state index contributed by atoms with van der Waals surface area (Å²) >= 11 is 4.75. The highest BCUT2D eigenvalue weighted by Gasteiger charge is 2.24. The molecule has 3 nitrogen and oxygen atoms in total. The summed E-state index contributed by atoms with van der Waals surface area (Å²) in [5.74, 6) is -0.818. The van der Waals surface area contributed by atoms with E-state index in [2.05, 4.69) is 42.7 Å². The molecular weight excluding hydrogens is 426 g/mol. The van der Waals surface area contributed by atoms with E-state index < -0.39 is 11.6 Å². The van der Waals surface area contributed by atoms with Crippen LogP contribution < -0.4 is 10.6 Å². The first-order chi connectivity index (χ1) is 15.2. The van der Waals surface area contributed by atoms with E-state index in [1.165, 1.54) is 35.7 Å². The van der Waals surface area contributed by atoms with Crippen LogP contribution in [0.4, 0.5) is 8.78 Å². The summed E-state index contributed by atoms with van der Waals surface area (Å²) in [6.45, 7) is 6.48. The number of carbonyl (C=O) groups excluding carboxylic acids is 1. The van der Waals surface area contributed by atoms with Gasteiger partial charge in [-0.1, -0.05) is 32.0 Å². The lowest BCUT2D eigenvalue weighted by atomic mass is 9.85. The molecule has 2 aromatic carbocycles. The predicted octanol–water partition coefficient (Wildman–Crippen LogP) is 5.18. The number of benzene rings is 2. The second-order valence-corrected chi connectivity index (χ2v) is 10.0. The third kappa shape index (κ3) is 7.04. The average Bonchev–Trinajstić information content (AvgIpc) is 2.70. The lowest BCUT2D eigenvalue weighted by Gasteiger charge is -2.30. The van der Waals surface area contributed by atoms with Gasteiger partial charge in [0.2, 0.25) is 5.91 Å². The number of hydrogen-bond donors (Lipinski definition) is 3. The number of fused-ring (bicyclic) bond motifs is 1. The smallest absolute Gasteiger partial charge is 0.217 e. The summed E-state index contributed by atoms with van der Waals surface area (Å²) in [5, 5.41) is 6.34. The van der Waals surface area contributed by atoms with Gasteiger partial charge in [-0.15, -0.1) is 0 Å². The Kier molecular flexibility index (Phi) is 8.72. The molecule has 1 aliphatic rings. The Morgan fingerprint density at radius 3 is 2.47 bits per heavy atom. The normalized spacial score (nSPS) is 17.7. The van der Waals surface area contributed by atoms with E-state index in [9.17, 15) is 13.6 Å². The largest absolute Gasteiger partial charge is 0.352 e. The number of thiol groups is 1. The lowest BCUT2D eigenvalue weighted by molar-refractivity contribution is -0.119. The molecule has 0 heterocycles. The Morgan fingerprint density at radius 1 is 1.09 bits per heavy atom. The van der Waals surface area contributed by atoms with Gasteiger partial charge in [0.1, 0.15) is 11.6 Å². The molecule has 0 aliphatic heterocycles. The SMILES string of the molecule is CC(=O)N[C@@H](Cc1cc(F)cc(F)c1)[C@H](S)CN[C@@H]1CCCc2ccc(CC(C)C)cc21. The van der Waals surface area contributed by atoms with Gasteiger partial charge in [0, 0.05) is 36.9 Å². The molecule has 174 valence electrons. The zero-order chi connectivity index (χ0) is 23.3. The molecule has 2 aromatic rings. The second kappa shape index (κ2) is 11.3. The summed E-state index contributed by atoms with van der Waals surface area (Å²) in [5.41, 5.74) is 4.62. The fourth-order valence-corrected chi connectivity index (χ4v) is 4.88. The Balaban J connectivity index is 1.69. The molecule has 32 heavy (non-hydrogen) atoms. The molecule has 2 N–H and O–H groups in total. The summed E-state index contributed by atoms with van der Waals surface area (Å²) in [6.07, 6.45) is 4.65. The van der Waals surface area contributed by atoms with E-state index in [1.807, 2.05) is 0 Å². The van der Waals surface area contributed by atoms with E-state index in [-0.39, 0.29) is 23.2 Å². The molecule has 0 unspecified atom stereocenters. The van der Waals surface area contributed by atoms with Crippen LogP contribution in [0, 0.1) is 17.6 Å². The number of amides is 1. The summed E-state index contributed by atoms with van der Waals surface area (Å²) in [4.78, 5) is 11.8. The molecule has 0 aromatic heterocycles. The van der Waals surface area contributed by atoms with Gasteiger partial charge >= 0.3 is 0 Å². The van der Waals surface area contributed by atoms with Gasteiger partial charge in [0.05, 0.1) is 0 Å². The fourth-order valence-electron chi connectivity index (χ4n) is 4.59. The fraction of sp³-hybridized carbons (Fsp3) is 0.500. The van der Waals surface area contributed by atoms with Crippen LogP contribution in [0.25, 0.3) is 0 Å². The maximum Gasteiger partial charge on any atom is 0.217 e. The van der Waals surface area contributed by atoms with Crippen molar-refractivity contribution in [3.05, 3.63) is 70.3 Å². The highest BCUT2D eigenvalue weighted by molar-refractivity contribution is 7.81. The van der Waals surface area contributed by atoms with Crippen LogP contribution in [-0.4, -0.2) is 23.7 Å². The van der Waals surface area contributed by atoms with Gasteiger partial charge in [-0.05, 0) is 72.4 Å². The standard InChI is InChI=1S/C26H34F2N2OS/c1-16(2)9-18-7-8-20-5-4-6-24(23(20)12-18)29-15-26(32)25(30-17(3)31)13-19-10-21(27)14-22(28)11-19/h7-8,10-12,14,16,24-26,29,32H,4-6,9,13,15H2,1-3H3,(H,30,31)/t24-,25+,26-/m1/s1. The quantitative estimate of drug-likeness (QED) is 0.452. The van der Waals surface area contributed by atoms with Crippen molar-refractivity contribution in [2.24, 2.45) is 5.92 Å². The first kappa shape index (κ1) is 24.7. The highest BCUT2D eigenvalue weighted by atomic mass is 32.1. The van der Waals surface area contributed by atoms with Crippen LogP contribution in [0.15, 0.2) is 36.4 Å². The predicted molar refractivity (Wildman–Crippen MR) is 129 cm³/mol. The van der Waals surface area contributed by atoms with E-state index in [4.69, 9.17) is 12.6 Å². The molecule has 1 amide bonds. The first-order valence-corrected chi connectivity index (χ1v) is 12.0. The van der Waals surface area contributed by atoms with Crippen molar-refractivity contribution in [3.63, 3.8) is 0 Å². The van der Waals surface area contributed by atoms with E-state index in [0.717, 1.165) is 31.7 Å². The van der Waals surface area contributed by atoms with Gasteiger partial charge in [0.15, 0.2) is 0 Å². The van der Waals surface area contributed by atoms with Gasteiger partial charge in [-0.25, -0.2) is 8.78 Å². The van der Waals surface area contributed by atoms with Crippen molar-refractivity contribution >= 4 is 18.5 Å². The van der Waals surface area contributed by atoms with E-state index >= 15 is 0 Å². The molecule has 0 bridgehead atoms.